The van der Waals surface area contributed by atoms with E-state index in [2.05, 4.69) is 4.52 Å². The van der Waals surface area contributed by atoms with E-state index in [-0.39, 0.29) is 0 Å². The normalized spacial score (nSPS) is 23.7. The smallest absolute Gasteiger partial charge is 0.412 e. The molecule has 1 rings (SSSR count). The van der Waals surface area contributed by atoms with Crippen LogP contribution in [-0.2, 0) is 18.1 Å². The molecule has 0 N–H and O–H groups in total. The van der Waals surface area contributed by atoms with Crippen molar-refractivity contribution in [3.63, 3.8) is 0 Å². The van der Waals surface area contributed by atoms with Gasteiger partial charge in [0.15, 0.2) is 0 Å². The Kier molecular flexibility index (Phi) is 2.49. The topological polar surface area (TPSA) is 44.8 Å². The molecule has 0 aromatic rings. The van der Waals surface area contributed by atoms with Crippen LogP contribution in [-0.4, -0.2) is 13.2 Å². The molecule has 0 aliphatic carbocycles. The maximum atomic E-state index is 11.1. The first-order valence-corrected chi connectivity index (χ1v) is 4.41. The zero-order valence-corrected chi connectivity index (χ0v) is 6.54. The Morgan fingerprint density at radius 1 is 1.50 bits per heavy atom. The van der Waals surface area contributed by atoms with Gasteiger partial charge in [0.2, 0.25) is 0 Å². The van der Waals surface area contributed by atoms with Crippen LogP contribution in [0.1, 0.15) is 6.92 Å². The average Bonchev–Trinajstić information content (AvgIpc) is 2.33. The summed E-state index contributed by atoms with van der Waals surface area (Å²) in [5.41, 5.74) is 0. The number of phosphoric acid groups is 1. The van der Waals surface area contributed by atoms with Crippen molar-refractivity contribution in [3.05, 3.63) is 12.3 Å². The SMILES string of the molecule is CC=COP1(=O)OCCO1. The Morgan fingerprint density at radius 2 is 2.10 bits per heavy atom. The van der Waals surface area contributed by atoms with Crippen molar-refractivity contribution in [1.82, 2.24) is 0 Å². The van der Waals surface area contributed by atoms with Crippen LogP contribution in [0, 0.1) is 0 Å². The van der Waals surface area contributed by atoms with Gasteiger partial charge >= 0.3 is 7.82 Å². The highest BCUT2D eigenvalue weighted by molar-refractivity contribution is 7.48. The second-order valence-corrected chi connectivity index (χ2v) is 3.31. The summed E-state index contributed by atoms with van der Waals surface area (Å²) < 4.78 is 25.1. The van der Waals surface area contributed by atoms with Gasteiger partial charge < -0.3 is 4.52 Å². The van der Waals surface area contributed by atoms with E-state index in [9.17, 15) is 4.57 Å². The number of phosphoric ester groups is 1. The zero-order valence-electron chi connectivity index (χ0n) is 5.65. The second kappa shape index (κ2) is 3.19. The van der Waals surface area contributed by atoms with Crippen molar-refractivity contribution in [2.75, 3.05) is 13.2 Å². The Balaban J connectivity index is 2.44. The van der Waals surface area contributed by atoms with Crippen molar-refractivity contribution < 1.29 is 18.1 Å². The van der Waals surface area contributed by atoms with E-state index in [1.807, 2.05) is 0 Å². The molecule has 1 fully saturated rings. The molecular weight excluding hydrogens is 155 g/mol. The van der Waals surface area contributed by atoms with Gasteiger partial charge in [-0.25, -0.2) is 4.57 Å². The molecule has 0 radical (unpaired) electrons. The summed E-state index contributed by atoms with van der Waals surface area (Å²) in [5.74, 6) is 0. The molecule has 0 atom stereocenters. The van der Waals surface area contributed by atoms with Crippen LogP contribution in [0.2, 0.25) is 0 Å². The molecule has 0 unspecified atom stereocenters. The molecule has 1 heterocycles. The maximum Gasteiger partial charge on any atom is 0.529 e. The molecule has 0 bridgehead atoms. The predicted molar refractivity (Wildman–Crippen MR) is 35.4 cm³/mol. The molecule has 0 aromatic carbocycles. The van der Waals surface area contributed by atoms with E-state index >= 15 is 0 Å². The third-order valence-electron chi connectivity index (χ3n) is 0.908. The molecule has 1 aliphatic rings. The molecule has 1 aliphatic heterocycles. The molecule has 5 heteroatoms. The van der Waals surface area contributed by atoms with Gasteiger partial charge in [-0.1, -0.05) is 6.08 Å². The van der Waals surface area contributed by atoms with Crippen molar-refractivity contribution in [1.29, 1.82) is 0 Å². The van der Waals surface area contributed by atoms with Crippen LogP contribution in [0.5, 0.6) is 0 Å². The molecule has 0 amide bonds. The summed E-state index contributed by atoms with van der Waals surface area (Å²) in [4.78, 5) is 0. The van der Waals surface area contributed by atoms with Crippen LogP contribution in [0.3, 0.4) is 0 Å². The summed E-state index contributed by atoms with van der Waals surface area (Å²) in [6.45, 7) is 2.44. The number of hydrogen-bond donors (Lipinski definition) is 0. The molecular formula is C5H9O4P. The quantitative estimate of drug-likeness (QED) is 0.460. The van der Waals surface area contributed by atoms with Gasteiger partial charge in [0.25, 0.3) is 0 Å². The highest BCUT2D eigenvalue weighted by atomic mass is 31.2. The van der Waals surface area contributed by atoms with Crippen molar-refractivity contribution in [2.24, 2.45) is 0 Å². The van der Waals surface area contributed by atoms with Gasteiger partial charge in [0.05, 0.1) is 19.5 Å². The van der Waals surface area contributed by atoms with Crippen LogP contribution in [0.25, 0.3) is 0 Å². The Bertz CT molecular complexity index is 166. The van der Waals surface area contributed by atoms with Crippen LogP contribution < -0.4 is 0 Å². The van der Waals surface area contributed by atoms with Gasteiger partial charge in [-0.3, -0.25) is 9.05 Å². The lowest BCUT2D eigenvalue weighted by Gasteiger charge is -2.05. The summed E-state index contributed by atoms with van der Waals surface area (Å²) >= 11 is 0. The van der Waals surface area contributed by atoms with Gasteiger partial charge in [-0.05, 0) is 6.92 Å². The fourth-order valence-corrected chi connectivity index (χ4v) is 1.59. The molecule has 1 saturated heterocycles. The molecule has 0 aromatic heterocycles. The van der Waals surface area contributed by atoms with Crippen molar-refractivity contribution in [3.8, 4) is 0 Å². The minimum Gasteiger partial charge on any atom is -0.412 e. The van der Waals surface area contributed by atoms with Crippen molar-refractivity contribution in [2.45, 2.75) is 6.92 Å². The third-order valence-corrected chi connectivity index (χ3v) is 2.29. The summed E-state index contributed by atoms with van der Waals surface area (Å²) in [6, 6.07) is 0. The summed E-state index contributed by atoms with van der Waals surface area (Å²) in [6.07, 6.45) is 2.91. The first-order valence-electron chi connectivity index (χ1n) is 2.95. The minimum atomic E-state index is -3.17. The fourth-order valence-electron chi connectivity index (χ4n) is 0.532. The lowest BCUT2D eigenvalue weighted by atomic mass is 10.8. The molecule has 10 heavy (non-hydrogen) atoms. The Hall–Kier alpha value is -0.310. The zero-order chi connectivity index (χ0) is 7.45. The van der Waals surface area contributed by atoms with E-state index in [0.29, 0.717) is 13.2 Å². The van der Waals surface area contributed by atoms with E-state index in [0.717, 1.165) is 0 Å². The predicted octanol–water partition coefficient (Wildman–Crippen LogP) is 1.69. The molecule has 58 valence electrons. The third kappa shape index (κ3) is 1.84. The minimum absolute atomic E-state index is 0.342. The van der Waals surface area contributed by atoms with E-state index in [4.69, 9.17) is 9.05 Å². The fraction of sp³-hybridized carbons (Fsp3) is 0.600. The van der Waals surface area contributed by atoms with Gasteiger partial charge in [-0.15, -0.1) is 0 Å². The standard InChI is InChI=1S/C5H9O4P/c1-2-3-7-10(6)8-4-5-9-10/h2-3H,4-5H2,1H3. The summed E-state index contributed by atoms with van der Waals surface area (Å²) in [7, 11) is -3.17. The highest BCUT2D eigenvalue weighted by Gasteiger charge is 2.31. The summed E-state index contributed by atoms with van der Waals surface area (Å²) in [5, 5.41) is 0. The lowest BCUT2D eigenvalue weighted by Crippen LogP contribution is -1.80. The number of hydrogen-bond acceptors (Lipinski definition) is 4. The Morgan fingerprint density at radius 3 is 2.60 bits per heavy atom. The maximum absolute atomic E-state index is 11.1. The highest BCUT2D eigenvalue weighted by Crippen LogP contribution is 2.52. The number of rotatable bonds is 2. The monoisotopic (exact) mass is 164 g/mol. The second-order valence-electron chi connectivity index (χ2n) is 1.69. The van der Waals surface area contributed by atoms with Crippen molar-refractivity contribution >= 4 is 7.82 Å². The van der Waals surface area contributed by atoms with Gasteiger partial charge in [0, 0.05) is 0 Å². The van der Waals surface area contributed by atoms with Crippen LogP contribution in [0.4, 0.5) is 0 Å². The van der Waals surface area contributed by atoms with Gasteiger partial charge in [-0.2, -0.15) is 0 Å². The Labute approximate surface area is 59.4 Å². The molecule has 0 saturated carbocycles. The van der Waals surface area contributed by atoms with Crippen LogP contribution in [0.15, 0.2) is 12.3 Å². The largest absolute Gasteiger partial charge is 0.529 e. The van der Waals surface area contributed by atoms with Crippen LogP contribution >= 0.6 is 7.82 Å². The van der Waals surface area contributed by atoms with E-state index < -0.39 is 7.82 Å². The first kappa shape index (κ1) is 7.79. The molecule has 4 nitrogen and oxygen atoms in total. The van der Waals surface area contributed by atoms with E-state index in [1.165, 1.54) is 6.26 Å². The van der Waals surface area contributed by atoms with Gasteiger partial charge in [0.1, 0.15) is 0 Å². The first-order chi connectivity index (χ1) is 4.77. The average molecular weight is 164 g/mol. The van der Waals surface area contributed by atoms with E-state index in [1.54, 1.807) is 13.0 Å². The lowest BCUT2D eigenvalue weighted by molar-refractivity contribution is 0.247. The number of allylic oxidation sites excluding steroid dienone is 1. The molecule has 0 spiro atoms.